The minimum atomic E-state index is -0.326. The summed E-state index contributed by atoms with van der Waals surface area (Å²) < 4.78 is 0.941. The number of aryl methyl sites for hydroxylation is 1. The fourth-order valence-electron chi connectivity index (χ4n) is 1.32. The molecule has 70 valence electrons. The largest absolute Gasteiger partial charge is 0.366 e. The van der Waals surface area contributed by atoms with Crippen molar-refractivity contribution in [1.82, 2.24) is 0 Å². The van der Waals surface area contributed by atoms with Crippen LogP contribution in [0.5, 0.6) is 0 Å². The topological polar surface area (TPSA) is 43.1 Å². The summed E-state index contributed by atoms with van der Waals surface area (Å²) in [4.78, 5) is 11.1. The van der Waals surface area contributed by atoms with E-state index in [1.165, 1.54) is 0 Å². The molecule has 0 heterocycles. The Labute approximate surface area is 91.7 Å². The van der Waals surface area contributed by atoms with Crippen molar-refractivity contribution in [2.45, 2.75) is 19.8 Å². The SMILES string of the molecule is CCCc1cccc(I)c1C(N)=O. The van der Waals surface area contributed by atoms with Crippen molar-refractivity contribution >= 4 is 28.5 Å². The second kappa shape index (κ2) is 4.60. The van der Waals surface area contributed by atoms with Crippen molar-refractivity contribution < 1.29 is 4.79 Å². The average molecular weight is 289 g/mol. The fraction of sp³-hybridized carbons (Fsp3) is 0.300. The van der Waals surface area contributed by atoms with E-state index in [-0.39, 0.29) is 5.91 Å². The normalized spacial score (nSPS) is 10.0. The molecule has 0 radical (unpaired) electrons. The van der Waals surface area contributed by atoms with Gasteiger partial charge in [-0.05, 0) is 40.6 Å². The van der Waals surface area contributed by atoms with Gasteiger partial charge in [0.25, 0.3) is 0 Å². The van der Waals surface area contributed by atoms with Crippen molar-refractivity contribution in [3.63, 3.8) is 0 Å². The number of carbonyl (C=O) groups excluding carboxylic acids is 1. The maximum Gasteiger partial charge on any atom is 0.250 e. The van der Waals surface area contributed by atoms with Crippen LogP contribution in [-0.2, 0) is 6.42 Å². The smallest absolute Gasteiger partial charge is 0.250 e. The lowest BCUT2D eigenvalue weighted by Gasteiger charge is -2.06. The highest BCUT2D eigenvalue weighted by Crippen LogP contribution is 2.17. The molecular weight excluding hydrogens is 277 g/mol. The van der Waals surface area contributed by atoms with E-state index in [1.807, 2.05) is 18.2 Å². The molecule has 0 unspecified atom stereocenters. The molecule has 1 amide bonds. The van der Waals surface area contributed by atoms with Crippen LogP contribution in [-0.4, -0.2) is 5.91 Å². The van der Waals surface area contributed by atoms with Gasteiger partial charge in [-0.2, -0.15) is 0 Å². The van der Waals surface area contributed by atoms with Gasteiger partial charge in [0.05, 0.1) is 5.56 Å². The molecule has 0 saturated carbocycles. The number of primary amides is 1. The lowest BCUT2D eigenvalue weighted by atomic mass is 10.0. The highest BCUT2D eigenvalue weighted by molar-refractivity contribution is 14.1. The van der Waals surface area contributed by atoms with Crippen LogP contribution < -0.4 is 5.73 Å². The van der Waals surface area contributed by atoms with E-state index in [1.54, 1.807) is 0 Å². The summed E-state index contributed by atoms with van der Waals surface area (Å²) in [7, 11) is 0. The molecule has 0 atom stereocenters. The maximum absolute atomic E-state index is 11.1. The van der Waals surface area contributed by atoms with E-state index in [2.05, 4.69) is 29.5 Å². The molecule has 0 spiro atoms. The summed E-state index contributed by atoms with van der Waals surface area (Å²) in [5, 5.41) is 0. The van der Waals surface area contributed by atoms with Gasteiger partial charge >= 0.3 is 0 Å². The standard InChI is InChI=1S/C10H12INO/c1-2-4-7-5-3-6-8(11)9(7)10(12)13/h3,5-6H,2,4H2,1H3,(H2,12,13). The zero-order chi connectivity index (χ0) is 9.84. The molecule has 3 heteroatoms. The number of hydrogen-bond donors (Lipinski definition) is 1. The van der Waals surface area contributed by atoms with E-state index >= 15 is 0 Å². The predicted molar refractivity (Wildman–Crippen MR) is 61.7 cm³/mol. The minimum absolute atomic E-state index is 0.326. The van der Waals surface area contributed by atoms with Crippen molar-refractivity contribution in [3.8, 4) is 0 Å². The molecule has 0 fully saturated rings. The number of halogens is 1. The summed E-state index contributed by atoms with van der Waals surface area (Å²) in [6, 6.07) is 5.82. The van der Waals surface area contributed by atoms with E-state index in [0.717, 1.165) is 22.0 Å². The second-order valence-corrected chi connectivity index (χ2v) is 4.05. The lowest BCUT2D eigenvalue weighted by molar-refractivity contribution is 0.0998. The van der Waals surface area contributed by atoms with E-state index in [0.29, 0.717) is 5.56 Å². The Hall–Kier alpha value is -0.580. The van der Waals surface area contributed by atoms with Gasteiger partial charge in [-0.1, -0.05) is 25.5 Å². The Morgan fingerprint density at radius 3 is 2.77 bits per heavy atom. The quantitative estimate of drug-likeness (QED) is 0.853. The van der Waals surface area contributed by atoms with Gasteiger partial charge < -0.3 is 5.73 Å². The molecule has 2 N–H and O–H groups in total. The van der Waals surface area contributed by atoms with Crippen molar-refractivity contribution in [2.75, 3.05) is 0 Å². The van der Waals surface area contributed by atoms with Crippen LogP contribution in [0.25, 0.3) is 0 Å². The summed E-state index contributed by atoms with van der Waals surface area (Å²) in [5.74, 6) is -0.326. The summed E-state index contributed by atoms with van der Waals surface area (Å²) in [6.45, 7) is 2.09. The summed E-state index contributed by atoms with van der Waals surface area (Å²) >= 11 is 2.14. The molecule has 0 aliphatic carbocycles. The Balaban J connectivity index is 3.17. The van der Waals surface area contributed by atoms with Gasteiger partial charge in [-0.15, -0.1) is 0 Å². The molecule has 2 nitrogen and oxygen atoms in total. The number of rotatable bonds is 3. The van der Waals surface area contributed by atoms with Gasteiger partial charge in [0.15, 0.2) is 0 Å². The average Bonchev–Trinajstić information content (AvgIpc) is 2.04. The number of amides is 1. The molecule has 0 aliphatic heterocycles. The first-order chi connectivity index (χ1) is 6.16. The van der Waals surface area contributed by atoms with Crippen molar-refractivity contribution in [3.05, 3.63) is 32.9 Å². The van der Waals surface area contributed by atoms with E-state index < -0.39 is 0 Å². The van der Waals surface area contributed by atoms with Gasteiger partial charge in [0.1, 0.15) is 0 Å². The zero-order valence-corrected chi connectivity index (χ0v) is 9.67. The molecule has 0 aliphatic rings. The van der Waals surface area contributed by atoms with Crippen molar-refractivity contribution in [1.29, 1.82) is 0 Å². The van der Waals surface area contributed by atoms with Gasteiger partial charge in [-0.3, -0.25) is 4.79 Å². The maximum atomic E-state index is 11.1. The Kier molecular flexibility index (Phi) is 3.71. The van der Waals surface area contributed by atoms with Crippen molar-refractivity contribution in [2.24, 2.45) is 5.73 Å². The molecule has 0 bridgehead atoms. The predicted octanol–water partition coefficient (Wildman–Crippen LogP) is 2.34. The highest BCUT2D eigenvalue weighted by atomic mass is 127. The molecule has 0 saturated heterocycles. The number of hydrogen-bond acceptors (Lipinski definition) is 1. The van der Waals surface area contributed by atoms with Crippen LogP contribution in [0.1, 0.15) is 29.3 Å². The lowest BCUT2D eigenvalue weighted by Crippen LogP contribution is -2.15. The van der Waals surface area contributed by atoms with E-state index in [9.17, 15) is 4.79 Å². The molecule has 0 aromatic heterocycles. The van der Waals surface area contributed by atoms with Crippen LogP contribution in [0.15, 0.2) is 18.2 Å². The first-order valence-corrected chi connectivity index (χ1v) is 5.32. The number of carbonyl (C=O) groups is 1. The van der Waals surface area contributed by atoms with Crippen LogP contribution in [0.4, 0.5) is 0 Å². The first-order valence-electron chi connectivity index (χ1n) is 4.24. The third-order valence-electron chi connectivity index (χ3n) is 1.87. The monoisotopic (exact) mass is 289 g/mol. The summed E-state index contributed by atoms with van der Waals surface area (Å²) in [6.07, 6.45) is 1.94. The van der Waals surface area contributed by atoms with Crippen LogP contribution >= 0.6 is 22.6 Å². The molecule has 13 heavy (non-hydrogen) atoms. The van der Waals surface area contributed by atoms with E-state index in [4.69, 9.17) is 5.73 Å². The van der Waals surface area contributed by atoms with Crippen LogP contribution in [0.3, 0.4) is 0 Å². The first kappa shape index (κ1) is 10.5. The second-order valence-electron chi connectivity index (χ2n) is 2.89. The Bertz CT molecular complexity index is 323. The van der Waals surface area contributed by atoms with Crippen LogP contribution in [0, 0.1) is 3.57 Å². The van der Waals surface area contributed by atoms with Gasteiger partial charge in [0, 0.05) is 3.57 Å². The highest BCUT2D eigenvalue weighted by Gasteiger charge is 2.10. The molecule has 1 rings (SSSR count). The van der Waals surface area contributed by atoms with Crippen LogP contribution in [0.2, 0.25) is 0 Å². The molecule has 1 aromatic rings. The van der Waals surface area contributed by atoms with Gasteiger partial charge in [-0.25, -0.2) is 0 Å². The minimum Gasteiger partial charge on any atom is -0.366 e. The number of nitrogens with two attached hydrogens (primary N) is 1. The molecular formula is C10H12INO. The summed E-state index contributed by atoms with van der Waals surface area (Å²) in [5.41, 5.74) is 7.04. The Morgan fingerprint density at radius 2 is 2.23 bits per heavy atom. The number of benzene rings is 1. The third-order valence-corrected chi connectivity index (χ3v) is 2.76. The zero-order valence-electron chi connectivity index (χ0n) is 7.51. The Morgan fingerprint density at radius 1 is 1.54 bits per heavy atom. The fourth-order valence-corrected chi connectivity index (χ4v) is 2.14. The van der Waals surface area contributed by atoms with Gasteiger partial charge in [0.2, 0.25) is 5.91 Å². The molecule has 1 aromatic carbocycles. The third kappa shape index (κ3) is 2.43.